The molecule has 2 N–H and O–H groups in total. The van der Waals surface area contributed by atoms with E-state index in [1.165, 1.54) is 12.3 Å². The Morgan fingerprint density at radius 1 is 1.14 bits per heavy atom. The first-order chi connectivity index (χ1) is 9.85. The predicted octanol–water partition coefficient (Wildman–Crippen LogP) is 3.54. The summed E-state index contributed by atoms with van der Waals surface area (Å²) in [5, 5.41) is 3.31. The zero-order chi connectivity index (χ0) is 15.6. The van der Waals surface area contributed by atoms with Crippen LogP contribution >= 0.6 is 23.2 Å². The molecule has 0 amide bonds. The minimum Gasteiger partial charge on any atom is -0.373 e. The topological polar surface area (TPSA) is 71.1 Å². The van der Waals surface area contributed by atoms with Gasteiger partial charge in [-0.25, -0.2) is 13.4 Å². The predicted molar refractivity (Wildman–Crippen MR) is 85.8 cm³/mol. The SMILES string of the molecule is CNc1ccc(S(=O)(=O)Nc2c(Cl)ccc(C)c2Cl)cn1. The summed E-state index contributed by atoms with van der Waals surface area (Å²) >= 11 is 12.1. The molecular weight excluding hydrogens is 333 g/mol. The number of anilines is 2. The quantitative estimate of drug-likeness (QED) is 0.888. The summed E-state index contributed by atoms with van der Waals surface area (Å²) in [6.07, 6.45) is 1.26. The van der Waals surface area contributed by atoms with E-state index in [2.05, 4.69) is 15.0 Å². The lowest BCUT2D eigenvalue weighted by molar-refractivity contribution is 0.601. The Labute approximate surface area is 133 Å². The molecule has 0 atom stereocenters. The Morgan fingerprint density at radius 2 is 1.86 bits per heavy atom. The fraction of sp³-hybridized carbons (Fsp3) is 0.154. The maximum atomic E-state index is 12.3. The second kappa shape index (κ2) is 6.09. The highest BCUT2D eigenvalue weighted by Gasteiger charge is 2.19. The lowest BCUT2D eigenvalue weighted by Gasteiger charge is -2.12. The summed E-state index contributed by atoms with van der Waals surface area (Å²) in [7, 11) is -2.11. The molecule has 21 heavy (non-hydrogen) atoms. The van der Waals surface area contributed by atoms with Crippen LogP contribution in [0.15, 0.2) is 35.4 Å². The Balaban J connectivity index is 2.39. The second-order valence-electron chi connectivity index (χ2n) is 4.29. The number of benzene rings is 1. The molecule has 0 fully saturated rings. The minimum absolute atomic E-state index is 0.0233. The van der Waals surface area contributed by atoms with Crippen molar-refractivity contribution in [2.75, 3.05) is 17.1 Å². The van der Waals surface area contributed by atoms with Crippen molar-refractivity contribution in [2.24, 2.45) is 0 Å². The highest BCUT2D eigenvalue weighted by Crippen LogP contribution is 2.34. The molecule has 0 radical (unpaired) electrons. The lowest BCUT2D eigenvalue weighted by Crippen LogP contribution is -2.14. The van der Waals surface area contributed by atoms with Gasteiger partial charge in [0.15, 0.2) is 0 Å². The van der Waals surface area contributed by atoms with Crippen molar-refractivity contribution in [3.8, 4) is 0 Å². The van der Waals surface area contributed by atoms with Gasteiger partial charge in [-0.15, -0.1) is 0 Å². The Morgan fingerprint density at radius 3 is 2.43 bits per heavy atom. The van der Waals surface area contributed by atoms with Gasteiger partial charge in [-0.1, -0.05) is 29.3 Å². The van der Waals surface area contributed by atoms with Crippen LogP contribution in [0.2, 0.25) is 10.0 Å². The molecular formula is C13H13Cl2N3O2S. The molecule has 0 aliphatic rings. The number of halogens is 2. The van der Waals surface area contributed by atoms with Crippen LogP contribution in [0, 0.1) is 6.92 Å². The van der Waals surface area contributed by atoms with E-state index in [9.17, 15) is 8.42 Å². The van der Waals surface area contributed by atoms with E-state index in [4.69, 9.17) is 23.2 Å². The van der Waals surface area contributed by atoms with E-state index >= 15 is 0 Å². The number of sulfonamides is 1. The summed E-state index contributed by atoms with van der Waals surface area (Å²) in [4.78, 5) is 3.99. The van der Waals surface area contributed by atoms with Crippen molar-refractivity contribution in [1.29, 1.82) is 0 Å². The summed E-state index contributed by atoms with van der Waals surface area (Å²) in [6, 6.07) is 6.31. The molecule has 1 aromatic carbocycles. The third-order valence-electron chi connectivity index (χ3n) is 2.82. The number of pyridine rings is 1. The van der Waals surface area contributed by atoms with Crippen molar-refractivity contribution < 1.29 is 8.42 Å². The molecule has 2 rings (SSSR count). The fourth-order valence-corrected chi connectivity index (χ4v) is 3.25. The largest absolute Gasteiger partial charge is 0.373 e. The smallest absolute Gasteiger partial charge is 0.263 e. The van der Waals surface area contributed by atoms with Crippen LogP contribution in [0.1, 0.15) is 5.56 Å². The molecule has 0 saturated carbocycles. The van der Waals surface area contributed by atoms with E-state index in [1.807, 2.05) is 0 Å². The third-order valence-corrected chi connectivity index (χ3v) is 4.96. The Hall–Kier alpha value is -1.50. The molecule has 1 heterocycles. The number of hydrogen-bond donors (Lipinski definition) is 2. The standard InChI is InChI=1S/C13H13Cl2N3O2S/c1-8-3-5-10(14)13(12(8)15)18-21(19,20)9-4-6-11(16-2)17-7-9/h3-7,18H,1-2H3,(H,16,17). The van der Waals surface area contributed by atoms with Gasteiger partial charge in [0.1, 0.15) is 10.7 Å². The third kappa shape index (κ3) is 3.40. The molecule has 0 unspecified atom stereocenters. The molecule has 1 aromatic heterocycles. The summed E-state index contributed by atoms with van der Waals surface area (Å²) in [5.74, 6) is 0.570. The maximum Gasteiger partial charge on any atom is 0.263 e. The molecule has 112 valence electrons. The van der Waals surface area contributed by atoms with Crippen molar-refractivity contribution >= 4 is 44.7 Å². The van der Waals surface area contributed by atoms with Crippen LogP contribution in [0.25, 0.3) is 0 Å². The molecule has 2 aromatic rings. The maximum absolute atomic E-state index is 12.3. The molecule has 0 aliphatic heterocycles. The van der Waals surface area contributed by atoms with Gasteiger partial charge in [-0.3, -0.25) is 4.72 Å². The second-order valence-corrected chi connectivity index (χ2v) is 6.76. The van der Waals surface area contributed by atoms with Gasteiger partial charge in [0.05, 0.1) is 15.7 Å². The van der Waals surface area contributed by atoms with E-state index in [0.717, 1.165) is 5.56 Å². The normalized spacial score (nSPS) is 11.2. The van der Waals surface area contributed by atoms with Gasteiger partial charge >= 0.3 is 0 Å². The van der Waals surface area contributed by atoms with Crippen LogP contribution < -0.4 is 10.0 Å². The van der Waals surface area contributed by atoms with Crippen LogP contribution in [0.4, 0.5) is 11.5 Å². The minimum atomic E-state index is -3.81. The van der Waals surface area contributed by atoms with Crippen molar-refractivity contribution in [2.45, 2.75) is 11.8 Å². The molecule has 8 heteroatoms. The number of nitrogens with zero attached hydrogens (tertiary/aromatic N) is 1. The molecule has 0 bridgehead atoms. The highest BCUT2D eigenvalue weighted by atomic mass is 35.5. The van der Waals surface area contributed by atoms with Crippen LogP contribution in [0.5, 0.6) is 0 Å². The molecule has 0 spiro atoms. The summed E-state index contributed by atoms with van der Waals surface area (Å²) in [6.45, 7) is 1.76. The van der Waals surface area contributed by atoms with Gasteiger partial charge < -0.3 is 5.32 Å². The lowest BCUT2D eigenvalue weighted by atomic mass is 10.2. The highest BCUT2D eigenvalue weighted by molar-refractivity contribution is 7.92. The van der Waals surface area contributed by atoms with E-state index in [0.29, 0.717) is 5.82 Å². The van der Waals surface area contributed by atoms with Crippen LogP contribution in [0.3, 0.4) is 0 Å². The Kier molecular flexibility index (Phi) is 4.61. The van der Waals surface area contributed by atoms with Crippen molar-refractivity contribution in [1.82, 2.24) is 4.98 Å². The number of rotatable bonds is 4. The fourth-order valence-electron chi connectivity index (χ4n) is 1.63. The van der Waals surface area contributed by atoms with Crippen LogP contribution in [-0.4, -0.2) is 20.4 Å². The van der Waals surface area contributed by atoms with E-state index < -0.39 is 10.0 Å². The number of nitrogens with one attached hydrogen (secondary N) is 2. The first kappa shape index (κ1) is 15.9. The van der Waals surface area contributed by atoms with Gasteiger partial charge in [0.25, 0.3) is 10.0 Å². The molecule has 0 aliphatic carbocycles. The van der Waals surface area contributed by atoms with Gasteiger partial charge in [-0.2, -0.15) is 0 Å². The van der Waals surface area contributed by atoms with E-state index in [1.54, 1.807) is 32.2 Å². The van der Waals surface area contributed by atoms with Gasteiger partial charge in [0, 0.05) is 13.2 Å². The zero-order valence-electron chi connectivity index (χ0n) is 11.3. The average molecular weight is 346 g/mol. The first-order valence-corrected chi connectivity index (χ1v) is 8.20. The van der Waals surface area contributed by atoms with Crippen molar-refractivity contribution in [3.63, 3.8) is 0 Å². The monoisotopic (exact) mass is 345 g/mol. The van der Waals surface area contributed by atoms with Gasteiger partial charge in [0.2, 0.25) is 0 Å². The zero-order valence-corrected chi connectivity index (χ0v) is 13.6. The van der Waals surface area contributed by atoms with E-state index in [-0.39, 0.29) is 20.6 Å². The molecule has 5 nitrogen and oxygen atoms in total. The Bertz CT molecular complexity index is 762. The number of hydrogen-bond acceptors (Lipinski definition) is 4. The van der Waals surface area contributed by atoms with Crippen molar-refractivity contribution in [3.05, 3.63) is 46.1 Å². The first-order valence-electron chi connectivity index (χ1n) is 5.96. The molecule has 0 saturated heterocycles. The van der Waals surface area contributed by atoms with Crippen LogP contribution in [-0.2, 0) is 10.0 Å². The number of aromatic nitrogens is 1. The van der Waals surface area contributed by atoms with Gasteiger partial charge in [-0.05, 0) is 30.7 Å². The summed E-state index contributed by atoms with van der Waals surface area (Å²) in [5.41, 5.74) is 0.887. The summed E-state index contributed by atoms with van der Waals surface area (Å²) < 4.78 is 27.1. The number of aryl methyl sites for hydroxylation is 1. The average Bonchev–Trinajstić information content (AvgIpc) is 2.48.